The molecule has 1 aromatic rings. The summed E-state index contributed by atoms with van der Waals surface area (Å²) in [5, 5.41) is 9.67. The summed E-state index contributed by atoms with van der Waals surface area (Å²) in [4.78, 5) is 11.4. The van der Waals surface area contributed by atoms with Crippen LogP contribution in [0, 0.1) is 0 Å². The molecule has 100 valence electrons. The van der Waals surface area contributed by atoms with Crippen LogP contribution < -0.4 is 5.73 Å². The van der Waals surface area contributed by atoms with Gasteiger partial charge in [0.05, 0.1) is 6.61 Å². The number of rotatable bonds is 3. The van der Waals surface area contributed by atoms with Gasteiger partial charge in [0.25, 0.3) is 5.60 Å². The second kappa shape index (κ2) is 4.85. The maximum Gasteiger partial charge on any atom is 0.432 e. The van der Waals surface area contributed by atoms with Gasteiger partial charge in [-0.1, -0.05) is 12.1 Å². The quantitative estimate of drug-likeness (QED) is 0.641. The van der Waals surface area contributed by atoms with Gasteiger partial charge in [-0.25, -0.2) is 4.79 Å². The van der Waals surface area contributed by atoms with Gasteiger partial charge in [-0.3, -0.25) is 0 Å². The van der Waals surface area contributed by atoms with E-state index in [-0.39, 0.29) is 12.3 Å². The summed E-state index contributed by atoms with van der Waals surface area (Å²) in [6, 6.07) is 4.18. The Balaban J connectivity index is 3.29. The first-order valence-electron chi connectivity index (χ1n) is 5.05. The minimum atomic E-state index is -5.19. The second-order valence-electron chi connectivity index (χ2n) is 3.55. The number of alkyl halides is 3. The van der Waals surface area contributed by atoms with Crippen molar-refractivity contribution in [2.45, 2.75) is 18.7 Å². The van der Waals surface area contributed by atoms with Crippen LogP contribution in [0.2, 0.25) is 0 Å². The first kappa shape index (κ1) is 14.3. The van der Waals surface area contributed by atoms with Gasteiger partial charge < -0.3 is 15.6 Å². The predicted molar refractivity (Wildman–Crippen MR) is 57.4 cm³/mol. The average molecular weight is 263 g/mol. The molecule has 1 atom stereocenters. The molecule has 0 aliphatic heterocycles. The SMILES string of the molecule is CCOC(=O)[C@](O)(c1ccc(N)cc1)C(F)(F)F. The van der Waals surface area contributed by atoms with Gasteiger partial charge in [0.2, 0.25) is 0 Å². The largest absolute Gasteiger partial charge is 0.463 e. The van der Waals surface area contributed by atoms with Crippen LogP contribution in [-0.4, -0.2) is 23.9 Å². The van der Waals surface area contributed by atoms with Gasteiger partial charge in [0, 0.05) is 11.3 Å². The highest BCUT2D eigenvalue weighted by atomic mass is 19.4. The molecule has 0 saturated heterocycles. The highest BCUT2D eigenvalue weighted by molar-refractivity contribution is 5.82. The molecular formula is C11H12F3NO3. The Morgan fingerprint density at radius 2 is 1.83 bits per heavy atom. The summed E-state index contributed by atoms with van der Waals surface area (Å²) in [5.41, 5.74) is 1.23. The summed E-state index contributed by atoms with van der Waals surface area (Å²) in [5.74, 6) is -1.76. The molecule has 4 nitrogen and oxygen atoms in total. The number of nitrogens with two attached hydrogens (primary N) is 1. The van der Waals surface area contributed by atoms with E-state index in [1.807, 2.05) is 0 Å². The third kappa shape index (κ3) is 2.40. The minimum Gasteiger partial charge on any atom is -0.463 e. The third-order valence-corrected chi connectivity index (χ3v) is 2.31. The summed E-state index contributed by atoms with van der Waals surface area (Å²) < 4.78 is 42.9. The minimum absolute atomic E-state index is 0.215. The van der Waals surface area contributed by atoms with Crippen molar-refractivity contribution in [3.05, 3.63) is 29.8 Å². The van der Waals surface area contributed by atoms with E-state index in [0.717, 1.165) is 24.3 Å². The van der Waals surface area contributed by atoms with Crippen molar-refractivity contribution in [3.63, 3.8) is 0 Å². The lowest BCUT2D eigenvalue weighted by Crippen LogP contribution is -2.50. The van der Waals surface area contributed by atoms with Crippen molar-refractivity contribution in [1.29, 1.82) is 0 Å². The van der Waals surface area contributed by atoms with E-state index in [2.05, 4.69) is 4.74 Å². The molecule has 18 heavy (non-hydrogen) atoms. The molecule has 0 spiro atoms. The monoisotopic (exact) mass is 263 g/mol. The molecule has 0 unspecified atom stereocenters. The normalized spacial score (nSPS) is 14.9. The van der Waals surface area contributed by atoms with Crippen LogP contribution in [0.5, 0.6) is 0 Å². The van der Waals surface area contributed by atoms with Crippen molar-refractivity contribution in [2.75, 3.05) is 12.3 Å². The highest BCUT2D eigenvalue weighted by Gasteiger charge is 2.62. The summed E-state index contributed by atoms with van der Waals surface area (Å²) in [6.07, 6.45) is -5.19. The molecule has 0 aromatic heterocycles. The maximum atomic E-state index is 12.9. The van der Waals surface area contributed by atoms with E-state index < -0.39 is 23.3 Å². The number of anilines is 1. The fraction of sp³-hybridized carbons (Fsp3) is 0.364. The van der Waals surface area contributed by atoms with Gasteiger partial charge >= 0.3 is 12.1 Å². The lowest BCUT2D eigenvalue weighted by molar-refractivity contribution is -0.267. The molecule has 0 heterocycles. The molecule has 0 bridgehead atoms. The first-order valence-corrected chi connectivity index (χ1v) is 5.05. The Bertz CT molecular complexity index is 430. The van der Waals surface area contributed by atoms with E-state index in [1.165, 1.54) is 6.92 Å². The molecule has 1 aromatic carbocycles. The topological polar surface area (TPSA) is 72.5 Å². The zero-order chi connectivity index (χ0) is 14.0. The molecule has 3 N–H and O–H groups in total. The number of aliphatic hydroxyl groups is 1. The Hall–Kier alpha value is -1.76. The summed E-state index contributed by atoms with van der Waals surface area (Å²) >= 11 is 0. The zero-order valence-electron chi connectivity index (χ0n) is 9.49. The van der Waals surface area contributed by atoms with E-state index >= 15 is 0 Å². The molecule has 0 amide bonds. The van der Waals surface area contributed by atoms with Gasteiger partial charge in [-0.15, -0.1) is 0 Å². The van der Waals surface area contributed by atoms with Crippen LogP contribution in [0.4, 0.5) is 18.9 Å². The van der Waals surface area contributed by atoms with E-state index in [9.17, 15) is 23.1 Å². The van der Waals surface area contributed by atoms with Crippen molar-refractivity contribution < 1.29 is 27.8 Å². The standard InChI is InChI=1S/C11H12F3NO3/c1-2-18-9(16)10(17,11(12,13)14)7-3-5-8(15)6-4-7/h3-6,17H,2,15H2,1H3/t10-/m1/s1. The van der Waals surface area contributed by atoms with Crippen LogP contribution in [0.1, 0.15) is 12.5 Å². The smallest absolute Gasteiger partial charge is 0.432 e. The number of hydrogen-bond donors (Lipinski definition) is 2. The van der Waals surface area contributed by atoms with Crippen LogP contribution in [0.15, 0.2) is 24.3 Å². The van der Waals surface area contributed by atoms with Gasteiger partial charge in [0.1, 0.15) is 0 Å². The van der Waals surface area contributed by atoms with E-state index in [1.54, 1.807) is 0 Å². The molecule has 0 aliphatic rings. The number of ether oxygens (including phenoxy) is 1. The molecular weight excluding hydrogens is 251 g/mol. The Morgan fingerprint density at radius 3 is 2.22 bits per heavy atom. The Morgan fingerprint density at radius 1 is 1.33 bits per heavy atom. The zero-order valence-corrected chi connectivity index (χ0v) is 9.49. The third-order valence-electron chi connectivity index (χ3n) is 2.31. The van der Waals surface area contributed by atoms with Crippen molar-refractivity contribution >= 4 is 11.7 Å². The molecule has 0 radical (unpaired) electrons. The van der Waals surface area contributed by atoms with Crippen molar-refractivity contribution in [1.82, 2.24) is 0 Å². The predicted octanol–water partition coefficient (Wildman–Crippen LogP) is 1.58. The number of esters is 1. The van der Waals surface area contributed by atoms with Crippen LogP contribution in [0.3, 0.4) is 0 Å². The van der Waals surface area contributed by atoms with Crippen LogP contribution in [0.25, 0.3) is 0 Å². The number of nitrogen functional groups attached to an aromatic ring is 1. The second-order valence-corrected chi connectivity index (χ2v) is 3.55. The lowest BCUT2D eigenvalue weighted by atomic mass is 9.93. The molecule has 0 saturated carbocycles. The lowest BCUT2D eigenvalue weighted by Gasteiger charge is -2.28. The van der Waals surface area contributed by atoms with Gasteiger partial charge in [0.15, 0.2) is 0 Å². The summed E-state index contributed by atoms with van der Waals surface area (Å²) in [7, 11) is 0. The molecule has 1 rings (SSSR count). The molecule has 0 aliphatic carbocycles. The number of halogens is 3. The van der Waals surface area contributed by atoms with Crippen molar-refractivity contribution in [2.24, 2.45) is 0 Å². The van der Waals surface area contributed by atoms with Gasteiger partial charge in [-0.2, -0.15) is 13.2 Å². The van der Waals surface area contributed by atoms with Crippen LogP contribution in [-0.2, 0) is 15.1 Å². The van der Waals surface area contributed by atoms with E-state index in [4.69, 9.17) is 5.73 Å². The summed E-state index contributed by atoms with van der Waals surface area (Å²) in [6.45, 7) is 1.07. The fourth-order valence-corrected chi connectivity index (χ4v) is 1.36. The van der Waals surface area contributed by atoms with Gasteiger partial charge in [-0.05, 0) is 19.1 Å². The van der Waals surface area contributed by atoms with Crippen molar-refractivity contribution in [3.8, 4) is 0 Å². The number of carbonyl (C=O) groups is 1. The average Bonchev–Trinajstić information content (AvgIpc) is 2.27. The number of hydrogen-bond acceptors (Lipinski definition) is 4. The molecule has 7 heteroatoms. The first-order chi connectivity index (χ1) is 8.23. The fourth-order valence-electron chi connectivity index (χ4n) is 1.36. The number of carbonyl (C=O) groups excluding carboxylic acids is 1. The van der Waals surface area contributed by atoms with Crippen LogP contribution >= 0.6 is 0 Å². The maximum absolute atomic E-state index is 12.9. The number of benzene rings is 1. The highest BCUT2D eigenvalue weighted by Crippen LogP contribution is 2.40. The Kier molecular flexibility index (Phi) is 3.85. The Labute approximate surface area is 101 Å². The van der Waals surface area contributed by atoms with E-state index in [0.29, 0.717) is 0 Å². The molecule has 0 fully saturated rings.